The number of para-hydroxylation sites is 1. The Morgan fingerprint density at radius 2 is 1.35 bits per heavy atom. The molecule has 16 nitrogen and oxygen atoms in total. The first-order chi connectivity index (χ1) is 28.2. The summed E-state index contributed by atoms with van der Waals surface area (Å²) in [6, 6.07) is 17.5. The van der Waals surface area contributed by atoms with Gasteiger partial charge in [0, 0.05) is 38.3 Å². The Labute approximate surface area is 334 Å². The number of ether oxygens (including phenoxy) is 8. The number of piperidine rings is 1. The van der Waals surface area contributed by atoms with Crippen LogP contribution in [0.15, 0.2) is 73.1 Å². The van der Waals surface area contributed by atoms with Crippen LogP contribution in [0.25, 0.3) is 22.3 Å². The van der Waals surface area contributed by atoms with E-state index in [-0.39, 0.29) is 11.9 Å². The topological polar surface area (TPSA) is 176 Å². The zero-order valence-corrected chi connectivity index (χ0v) is 32.9. The summed E-state index contributed by atoms with van der Waals surface area (Å²) in [4.78, 5) is 24.2. The number of nitrogens with two attached hydrogens (primary N) is 1. The maximum absolute atomic E-state index is 13.2. The molecular formula is C41H57N7O9. The van der Waals surface area contributed by atoms with Crippen molar-refractivity contribution in [2.75, 3.05) is 124 Å². The van der Waals surface area contributed by atoms with Gasteiger partial charge in [-0.3, -0.25) is 4.79 Å². The van der Waals surface area contributed by atoms with Gasteiger partial charge in [0.25, 0.3) is 0 Å². The number of hydrogen-bond acceptors (Lipinski definition) is 14. The molecule has 3 heterocycles. The van der Waals surface area contributed by atoms with Crippen LogP contribution >= 0.6 is 0 Å². The number of anilines is 1. The molecule has 2 aromatic heterocycles. The number of rotatable bonds is 28. The fraction of sp³-hybridized carbons (Fsp3) is 0.512. The van der Waals surface area contributed by atoms with Gasteiger partial charge in [-0.1, -0.05) is 24.3 Å². The van der Waals surface area contributed by atoms with Crippen LogP contribution in [0.3, 0.4) is 0 Å². The number of nitrogens with zero attached hydrogens (tertiary/aromatic N) is 5. The summed E-state index contributed by atoms with van der Waals surface area (Å²) in [5.41, 5.74) is 7.75. The molecule has 1 saturated heterocycles. The first-order valence-corrected chi connectivity index (χ1v) is 19.6. The summed E-state index contributed by atoms with van der Waals surface area (Å²) >= 11 is 0. The molecule has 1 aliphatic heterocycles. The first kappa shape index (κ1) is 43.6. The van der Waals surface area contributed by atoms with Crippen molar-refractivity contribution in [3.8, 4) is 22.8 Å². The normalized spacial score (nSPS) is 14.5. The molecule has 5 rings (SSSR count). The first-order valence-electron chi connectivity index (χ1n) is 19.6. The minimum absolute atomic E-state index is 0.0494. The summed E-state index contributed by atoms with van der Waals surface area (Å²) in [5, 5.41) is 9.11. The lowest BCUT2D eigenvalue weighted by atomic mass is 10.1. The largest absolute Gasteiger partial charge is 0.457 e. The Bertz CT molecular complexity index is 1740. The lowest BCUT2D eigenvalue weighted by Gasteiger charge is -2.32. The van der Waals surface area contributed by atoms with Crippen LogP contribution in [-0.2, 0) is 38.0 Å². The van der Waals surface area contributed by atoms with Gasteiger partial charge in [0.2, 0.25) is 5.91 Å². The Kier molecular flexibility index (Phi) is 19.6. The fourth-order valence-electron chi connectivity index (χ4n) is 6.09. The van der Waals surface area contributed by atoms with Crippen molar-refractivity contribution < 1.29 is 42.7 Å². The molecule has 0 spiro atoms. The predicted molar refractivity (Wildman–Crippen MR) is 216 cm³/mol. The summed E-state index contributed by atoms with van der Waals surface area (Å²) in [5.74, 6) is 2.13. The monoisotopic (exact) mass is 791 g/mol. The highest BCUT2D eigenvalue weighted by Crippen LogP contribution is 2.35. The van der Waals surface area contributed by atoms with E-state index < -0.39 is 0 Å². The van der Waals surface area contributed by atoms with E-state index in [1.807, 2.05) is 71.2 Å². The maximum atomic E-state index is 13.2. The van der Waals surface area contributed by atoms with Crippen LogP contribution in [0.4, 0.5) is 5.82 Å². The van der Waals surface area contributed by atoms with Gasteiger partial charge < -0.3 is 53.8 Å². The number of likely N-dealkylation sites (tertiary alicyclic amines) is 1. The lowest BCUT2D eigenvalue weighted by molar-refractivity contribution is -0.127. The number of carbonyl (C=O) groups is 1. The van der Waals surface area contributed by atoms with E-state index in [4.69, 9.17) is 48.7 Å². The Balaban J connectivity index is 0.954. The number of carbonyl (C=O) groups excluding carboxylic acids is 1. The van der Waals surface area contributed by atoms with Gasteiger partial charge >= 0.3 is 0 Å². The van der Waals surface area contributed by atoms with Gasteiger partial charge in [0.05, 0.1) is 104 Å². The van der Waals surface area contributed by atoms with Crippen molar-refractivity contribution in [3.63, 3.8) is 0 Å². The third-order valence-electron chi connectivity index (χ3n) is 8.86. The zero-order chi connectivity index (χ0) is 39.8. The van der Waals surface area contributed by atoms with E-state index >= 15 is 0 Å². The van der Waals surface area contributed by atoms with Crippen molar-refractivity contribution >= 4 is 22.8 Å². The highest BCUT2D eigenvalue weighted by Gasteiger charge is 2.28. The molecule has 57 heavy (non-hydrogen) atoms. The number of aromatic nitrogens is 4. The molecule has 0 unspecified atom stereocenters. The second-order valence-corrected chi connectivity index (χ2v) is 12.9. The molecule has 0 saturated carbocycles. The number of amides is 1. The van der Waals surface area contributed by atoms with Crippen LogP contribution in [0.5, 0.6) is 11.5 Å². The van der Waals surface area contributed by atoms with Crippen molar-refractivity contribution in [3.05, 3.63) is 73.1 Å². The van der Waals surface area contributed by atoms with E-state index in [1.165, 1.54) is 0 Å². The molecular weight excluding hydrogens is 734 g/mol. The van der Waals surface area contributed by atoms with Crippen LogP contribution < -0.4 is 15.8 Å². The second kappa shape index (κ2) is 25.7. The van der Waals surface area contributed by atoms with Crippen molar-refractivity contribution in [2.45, 2.75) is 18.9 Å². The number of hydrogen-bond donors (Lipinski definition) is 2. The molecule has 0 bridgehead atoms. The molecule has 1 amide bonds. The van der Waals surface area contributed by atoms with E-state index in [2.05, 4.69) is 15.3 Å². The van der Waals surface area contributed by atoms with Gasteiger partial charge in [-0.15, -0.1) is 0 Å². The molecule has 3 N–H and O–H groups in total. The molecule has 310 valence electrons. The van der Waals surface area contributed by atoms with Crippen LogP contribution in [0, 0.1) is 0 Å². The standard InChI is InChI=1S/C41H57N7O9/c1-43-40-38-39(33-11-13-36(14-12-33)57-35-8-3-2-4-9-35)46-48(41(38)45-32-44-40)34-7-5-16-47(31-34)37(49)10-6-17-50-19-21-52-23-25-54-27-29-56-30-28-55-26-24-53-22-20-51-18-15-42/h2-4,6,8-14,32,34H,5,7,15-31,42H2,1H3,(H,43,44,45)/b10-6+/t34-/m1/s1. The Morgan fingerprint density at radius 1 is 0.772 bits per heavy atom. The average Bonchev–Trinajstić information content (AvgIpc) is 3.65. The molecule has 2 aromatic carbocycles. The number of benzene rings is 2. The summed E-state index contributed by atoms with van der Waals surface area (Å²) in [6.45, 7) is 8.39. The fourth-order valence-corrected chi connectivity index (χ4v) is 6.09. The third kappa shape index (κ3) is 14.7. The smallest absolute Gasteiger partial charge is 0.246 e. The van der Waals surface area contributed by atoms with E-state index in [0.29, 0.717) is 118 Å². The van der Waals surface area contributed by atoms with Crippen molar-refractivity contribution in [1.82, 2.24) is 24.6 Å². The Morgan fingerprint density at radius 3 is 1.95 bits per heavy atom. The maximum Gasteiger partial charge on any atom is 0.246 e. The van der Waals surface area contributed by atoms with Crippen molar-refractivity contribution in [2.24, 2.45) is 5.73 Å². The molecule has 16 heteroatoms. The molecule has 1 atom stereocenters. The van der Waals surface area contributed by atoms with Gasteiger partial charge in [-0.25, -0.2) is 14.6 Å². The summed E-state index contributed by atoms with van der Waals surface area (Å²) < 4.78 is 46.2. The number of nitrogens with one attached hydrogen (secondary N) is 1. The SMILES string of the molecule is CNc1ncnc2c1c(-c1ccc(Oc3ccccc3)cc1)nn2[C@@H]1CCCN(C(=O)/C=C/COCCOCCOCCOCCOCCOCCOCCN)C1. The highest BCUT2D eigenvalue weighted by atomic mass is 16.6. The second-order valence-electron chi connectivity index (χ2n) is 12.9. The van der Waals surface area contributed by atoms with Crippen LogP contribution in [0.1, 0.15) is 18.9 Å². The minimum Gasteiger partial charge on any atom is -0.457 e. The molecule has 4 aromatic rings. The third-order valence-corrected chi connectivity index (χ3v) is 8.86. The zero-order valence-electron chi connectivity index (χ0n) is 32.9. The highest BCUT2D eigenvalue weighted by molar-refractivity contribution is 5.99. The van der Waals surface area contributed by atoms with E-state index in [1.54, 1.807) is 18.5 Å². The average molecular weight is 792 g/mol. The summed E-state index contributed by atoms with van der Waals surface area (Å²) in [6.07, 6.45) is 6.58. The molecule has 0 aliphatic carbocycles. The Hall–Kier alpha value is -4.52. The summed E-state index contributed by atoms with van der Waals surface area (Å²) in [7, 11) is 1.84. The predicted octanol–water partition coefficient (Wildman–Crippen LogP) is 4.12. The number of fused-ring (bicyclic) bond motifs is 1. The van der Waals surface area contributed by atoms with Gasteiger partial charge in [-0.05, 0) is 49.2 Å². The van der Waals surface area contributed by atoms with Crippen LogP contribution in [-0.4, -0.2) is 150 Å². The molecule has 1 fully saturated rings. The van der Waals surface area contributed by atoms with Gasteiger partial charge in [-0.2, -0.15) is 5.10 Å². The van der Waals surface area contributed by atoms with Gasteiger partial charge in [0.15, 0.2) is 5.65 Å². The lowest BCUT2D eigenvalue weighted by Crippen LogP contribution is -2.40. The molecule has 0 radical (unpaired) electrons. The minimum atomic E-state index is -0.0600. The quantitative estimate of drug-likeness (QED) is 0.0621. The molecule has 1 aliphatic rings. The van der Waals surface area contributed by atoms with E-state index in [0.717, 1.165) is 46.6 Å². The van der Waals surface area contributed by atoms with Gasteiger partial charge in [0.1, 0.15) is 29.3 Å². The van der Waals surface area contributed by atoms with Crippen molar-refractivity contribution in [1.29, 1.82) is 0 Å². The van der Waals surface area contributed by atoms with Crippen LogP contribution in [0.2, 0.25) is 0 Å². The van der Waals surface area contributed by atoms with E-state index in [9.17, 15) is 4.79 Å².